The van der Waals surface area contributed by atoms with E-state index in [1.165, 1.54) is 0 Å². The molecule has 2 unspecified atom stereocenters. The number of piperidine rings is 1. The van der Waals surface area contributed by atoms with Crippen LogP contribution in [0.1, 0.15) is 42.8 Å². The number of aromatic nitrogens is 2. The van der Waals surface area contributed by atoms with E-state index >= 15 is 0 Å². The minimum Gasteiger partial charge on any atom is -0.395 e. The molecule has 3 N–H and O–H groups in total. The minimum atomic E-state index is -2.72. The van der Waals surface area contributed by atoms with Crippen molar-refractivity contribution >= 4 is 11.5 Å². The van der Waals surface area contributed by atoms with Gasteiger partial charge in [0.05, 0.1) is 24.3 Å². The van der Waals surface area contributed by atoms with E-state index in [-0.39, 0.29) is 32.2 Å². The van der Waals surface area contributed by atoms with Crippen LogP contribution in [0.25, 0.3) is 0 Å². The highest BCUT2D eigenvalue weighted by molar-refractivity contribution is 5.98. The summed E-state index contributed by atoms with van der Waals surface area (Å²) in [6.45, 7) is 5.19. The van der Waals surface area contributed by atoms with Gasteiger partial charge in [0, 0.05) is 57.7 Å². The molecule has 1 saturated heterocycles. The molecule has 2 aromatic rings. The van der Waals surface area contributed by atoms with Crippen LogP contribution in [0.3, 0.4) is 0 Å². The number of aliphatic imine (C=N–C) groups is 1. The van der Waals surface area contributed by atoms with E-state index in [1.807, 2.05) is 50.1 Å². The van der Waals surface area contributed by atoms with Gasteiger partial charge in [0.25, 0.3) is 5.92 Å². The molecule has 0 amide bonds. The summed E-state index contributed by atoms with van der Waals surface area (Å²) in [6.07, 6.45) is 3.76. The van der Waals surface area contributed by atoms with Gasteiger partial charge in [-0.3, -0.25) is 9.98 Å². The van der Waals surface area contributed by atoms with E-state index in [2.05, 4.69) is 20.6 Å². The van der Waals surface area contributed by atoms with Crippen LogP contribution in [0.2, 0.25) is 0 Å². The molecule has 0 aliphatic carbocycles. The van der Waals surface area contributed by atoms with E-state index in [1.54, 1.807) is 12.4 Å². The van der Waals surface area contributed by atoms with Crippen LogP contribution in [0.5, 0.6) is 0 Å². The Balaban J connectivity index is 1.86. The van der Waals surface area contributed by atoms with Crippen LogP contribution in [0.15, 0.2) is 41.7 Å². The topological polar surface area (TPSA) is 85.7 Å². The Morgan fingerprint density at radius 2 is 2.03 bits per heavy atom. The standard InChI is InChI=1S/C24H34F2N6O/c1-4-21(18-5-7-20(8-6-18)32(3)13-14-33)31-23(22-17(2)28-11-12-29-22)30-16-19-15-27-10-9-24(19,25)26/h5-8,11-12,19,21,27,33H,4,9-10,13-16H2,1-3H3,(H,30,31). The van der Waals surface area contributed by atoms with Crippen molar-refractivity contribution in [2.45, 2.75) is 38.7 Å². The second-order valence-electron chi connectivity index (χ2n) is 8.42. The van der Waals surface area contributed by atoms with Gasteiger partial charge in [-0.15, -0.1) is 0 Å². The fourth-order valence-corrected chi connectivity index (χ4v) is 3.94. The average molecular weight is 461 g/mol. The quantitative estimate of drug-likeness (QED) is 0.394. The summed E-state index contributed by atoms with van der Waals surface area (Å²) in [4.78, 5) is 15.6. The van der Waals surface area contributed by atoms with Crippen molar-refractivity contribution in [3.63, 3.8) is 0 Å². The molecule has 0 radical (unpaired) electrons. The molecule has 3 rings (SSSR count). The van der Waals surface area contributed by atoms with Crippen molar-refractivity contribution in [2.24, 2.45) is 10.9 Å². The number of hydrogen-bond donors (Lipinski definition) is 3. The Morgan fingerprint density at radius 3 is 2.67 bits per heavy atom. The average Bonchev–Trinajstić information content (AvgIpc) is 2.81. The van der Waals surface area contributed by atoms with E-state index in [9.17, 15) is 8.78 Å². The number of amidine groups is 1. The van der Waals surface area contributed by atoms with Crippen molar-refractivity contribution in [1.29, 1.82) is 0 Å². The Morgan fingerprint density at radius 1 is 1.30 bits per heavy atom. The third kappa shape index (κ3) is 6.45. The maximum absolute atomic E-state index is 14.4. The predicted octanol–water partition coefficient (Wildman–Crippen LogP) is 2.95. The number of aliphatic hydroxyl groups excluding tert-OH is 1. The van der Waals surface area contributed by atoms with Crippen LogP contribution >= 0.6 is 0 Å². The van der Waals surface area contributed by atoms with Gasteiger partial charge < -0.3 is 20.6 Å². The number of benzene rings is 1. The van der Waals surface area contributed by atoms with Gasteiger partial charge in [-0.05, 0) is 31.0 Å². The molecule has 1 aromatic carbocycles. The summed E-state index contributed by atoms with van der Waals surface area (Å²) >= 11 is 0. The maximum atomic E-state index is 14.4. The first-order valence-corrected chi connectivity index (χ1v) is 11.5. The molecule has 9 heteroatoms. The predicted molar refractivity (Wildman–Crippen MR) is 127 cm³/mol. The summed E-state index contributed by atoms with van der Waals surface area (Å²) in [5.74, 6) is -3.06. The van der Waals surface area contributed by atoms with Crippen LogP contribution in [-0.4, -0.2) is 66.7 Å². The molecule has 1 aliphatic heterocycles. The van der Waals surface area contributed by atoms with Crippen LogP contribution < -0.4 is 15.5 Å². The molecule has 33 heavy (non-hydrogen) atoms. The number of rotatable bonds is 9. The second kappa shape index (κ2) is 11.5. The Kier molecular flexibility index (Phi) is 8.68. The molecular weight excluding hydrogens is 426 g/mol. The van der Waals surface area contributed by atoms with Crippen LogP contribution in [-0.2, 0) is 0 Å². The number of hydrogen-bond acceptors (Lipinski definition) is 6. The highest BCUT2D eigenvalue weighted by Gasteiger charge is 2.41. The van der Waals surface area contributed by atoms with E-state index in [0.29, 0.717) is 30.3 Å². The summed E-state index contributed by atoms with van der Waals surface area (Å²) < 4.78 is 28.8. The smallest absolute Gasteiger partial charge is 0.255 e. The van der Waals surface area contributed by atoms with Crippen LogP contribution in [0, 0.1) is 12.8 Å². The third-order valence-corrected chi connectivity index (χ3v) is 6.07. The zero-order valence-corrected chi connectivity index (χ0v) is 19.6. The van der Waals surface area contributed by atoms with Crippen LogP contribution in [0.4, 0.5) is 14.5 Å². The van der Waals surface area contributed by atoms with Gasteiger partial charge in [0.15, 0.2) is 0 Å². The zero-order valence-electron chi connectivity index (χ0n) is 19.6. The van der Waals surface area contributed by atoms with Gasteiger partial charge in [0.2, 0.25) is 0 Å². The highest BCUT2D eigenvalue weighted by atomic mass is 19.3. The third-order valence-electron chi connectivity index (χ3n) is 6.07. The van der Waals surface area contributed by atoms with E-state index in [4.69, 9.17) is 10.1 Å². The fourth-order valence-electron chi connectivity index (χ4n) is 3.94. The lowest BCUT2D eigenvalue weighted by Gasteiger charge is -2.32. The summed E-state index contributed by atoms with van der Waals surface area (Å²) in [5, 5.41) is 15.4. The first kappa shape index (κ1) is 25.0. The molecule has 180 valence electrons. The van der Waals surface area contributed by atoms with Crippen molar-refractivity contribution in [2.75, 3.05) is 44.7 Å². The molecular formula is C24H34F2N6O. The van der Waals surface area contributed by atoms with Gasteiger partial charge >= 0.3 is 0 Å². The molecule has 0 saturated carbocycles. The van der Waals surface area contributed by atoms with E-state index in [0.717, 1.165) is 17.7 Å². The fraction of sp³-hybridized carbons (Fsp3) is 0.542. The number of aliphatic hydroxyl groups is 1. The monoisotopic (exact) mass is 460 g/mol. The lowest BCUT2D eigenvalue weighted by Crippen LogP contribution is -2.49. The van der Waals surface area contributed by atoms with Gasteiger partial charge in [-0.25, -0.2) is 13.8 Å². The number of aryl methyl sites for hydroxylation is 1. The maximum Gasteiger partial charge on any atom is 0.255 e. The van der Waals surface area contributed by atoms with E-state index < -0.39 is 11.8 Å². The summed E-state index contributed by atoms with van der Waals surface area (Å²) in [6, 6.07) is 7.86. The van der Waals surface area contributed by atoms with Gasteiger partial charge in [-0.2, -0.15) is 0 Å². The number of likely N-dealkylation sites (N-methyl/N-ethyl adjacent to an activating group) is 1. The lowest BCUT2D eigenvalue weighted by molar-refractivity contribution is -0.0756. The Bertz CT molecular complexity index is 921. The number of nitrogens with zero attached hydrogens (tertiary/aromatic N) is 4. The minimum absolute atomic E-state index is 0.0855. The lowest BCUT2D eigenvalue weighted by atomic mass is 9.95. The number of nitrogens with one attached hydrogen (secondary N) is 2. The molecule has 2 heterocycles. The molecule has 1 fully saturated rings. The summed E-state index contributed by atoms with van der Waals surface area (Å²) in [7, 11) is 1.93. The Hall–Kier alpha value is -2.65. The largest absolute Gasteiger partial charge is 0.395 e. The number of halogens is 2. The second-order valence-corrected chi connectivity index (χ2v) is 8.42. The molecule has 2 atom stereocenters. The van der Waals surface area contributed by atoms with Gasteiger partial charge in [0.1, 0.15) is 11.5 Å². The van der Waals surface area contributed by atoms with Crippen molar-refractivity contribution in [3.8, 4) is 0 Å². The number of anilines is 1. The first-order valence-electron chi connectivity index (χ1n) is 11.5. The highest BCUT2D eigenvalue weighted by Crippen LogP contribution is 2.30. The molecule has 1 aromatic heterocycles. The normalized spacial score (nSPS) is 19.2. The van der Waals surface area contributed by atoms with Crippen molar-refractivity contribution in [1.82, 2.24) is 20.6 Å². The molecule has 0 spiro atoms. The first-order chi connectivity index (χ1) is 15.9. The van der Waals surface area contributed by atoms with Crippen molar-refractivity contribution < 1.29 is 13.9 Å². The zero-order chi connectivity index (χ0) is 23.8. The Labute approximate surface area is 194 Å². The molecule has 7 nitrogen and oxygen atoms in total. The number of alkyl halides is 2. The van der Waals surface area contributed by atoms with Crippen molar-refractivity contribution in [3.05, 3.63) is 53.6 Å². The summed E-state index contributed by atoms with van der Waals surface area (Å²) in [5.41, 5.74) is 3.28. The van der Waals surface area contributed by atoms with Gasteiger partial charge in [-0.1, -0.05) is 19.1 Å². The molecule has 1 aliphatic rings. The SMILES string of the molecule is CCC(/N=C(/NCC1CNCCC1(F)F)c1nccnc1C)c1ccc(N(C)CCO)cc1. The molecule has 0 bridgehead atoms.